The highest BCUT2D eigenvalue weighted by molar-refractivity contribution is 7.13. The molecule has 7 heteroatoms. The number of carbonyl (C=O) groups excluding carboxylic acids is 1. The van der Waals surface area contributed by atoms with Gasteiger partial charge in [-0.2, -0.15) is 0 Å². The van der Waals surface area contributed by atoms with Crippen molar-refractivity contribution in [3.05, 3.63) is 65.7 Å². The average Bonchev–Trinajstić information content (AvgIpc) is 3.39. The number of fused-ring (bicyclic) bond motifs is 1. The van der Waals surface area contributed by atoms with Crippen molar-refractivity contribution in [2.24, 2.45) is 0 Å². The van der Waals surface area contributed by atoms with E-state index in [1.54, 1.807) is 12.5 Å². The van der Waals surface area contributed by atoms with Gasteiger partial charge in [0.25, 0.3) is 5.91 Å². The smallest absolute Gasteiger partial charge is 0.275 e. The number of nitrogens with one attached hydrogen (secondary N) is 1. The molecule has 6 nitrogen and oxygen atoms in total. The van der Waals surface area contributed by atoms with Gasteiger partial charge in [0.15, 0.2) is 0 Å². The standard InChI is InChI=1S/C23H23N3O3S/c1-3-29-21-11-7-5-9-17(21)24-22(27)18-15-30-23(25-18)20-14-16-8-4-6-10-19(16)26(20)12-13-28-2/h4-11,14-15H,3,12-13H2,1-2H3,(H,24,27). The zero-order valence-electron chi connectivity index (χ0n) is 16.9. The van der Waals surface area contributed by atoms with Gasteiger partial charge in [-0.25, -0.2) is 4.98 Å². The number of anilines is 1. The Kier molecular flexibility index (Phi) is 6.11. The van der Waals surface area contributed by atoms with Gasteiger partial charge in [0.2, 0.25) is 0 Å². The maximum absolute atomic E-state index is 12.8. The van der Waals surface area contributed by atoms with Crippen LogP contribution in [0.1, 0.15) is 17.4 Å². The molecule has 4 aromatic rings. The van der Waals surface area contributed by atoms with Crippen LogP contribution < -0.4 is 10.1 Å². The van der Waals surface area contributed by atoms with Gasteiger partial charge in [0, 0.05) is 29.9 Å². The Morgan fingerprint density at radius 1 is 1.17 bits per heavy atom. The predicted octanol–water partition coefficient (Wildman–Crippen LogP) is 5.06. The van der Waals surface area contributed by atoms with Crippen molar-refractivity contribution in [3.8, 4) is 16.5 Å². The molecule has 30 heavy (non-hydrogen) atoms. The monoisotopic (exact) mass is 421 g/mol. The van der Waals surface area contributed by atoms with Crippen molar-refractivity contribution in [1.82, 2.24) is 9.55 Å². The minimum atomic E-state index is -0.260. The van der Waals surface area contributed by atoms with Crippen molar-refractivity contribution < 1.29 is 14.3 Å². The van der Waals surface area contributed by atoms with Crippen LogP contribution in [0.2, 0.25) is 0 Å². The van der Waals surface area contributed by atoms with Crippen LogP contribution in [0.15, 0.2) is 60.0 Å². The number of ether oxygens (including phenoxy) is 2. The third-order valence-electron chi connectivity index (χ3n) is 4.72. The number of hydrogen-bond donors (Lipinski definition) is 1. The van der Waals surface area contributed by atoms with Gasteiger partial charge in [-0.05, 0) is 31.2 Å². The summed E-state index contributed by atoms with van der Waals surface area (Å²) in [6.45, 7) is 3.74. The molecule has 0 unspecified atom stereocenters. The molecule has 0 aliphatic carbocycles. The summed E-state index contributed by atoms with van der Waals surface area (Å²) in [6, 6.07) is 17.7. The van der Waals surface area contributed by atoms with Gasteiger partial charge in [0.05, 0.1) is 24.6 Å². The van der Waals surface area contributed by atoms with Crippen LogP contribution in [0, 0.1) is 0 Å². The van der Waals surface area contributed by atoms with Crippen LogP contribution in [-0.2, 0) is 11.3 Å². The number of thiazole rings is 1. The number of methoxy groups -OCH3 is 1. The highest BCUT2D eigenvalue weighted by atomic mass is 32.1. The molecular formula is C23H23N3O3S. The molecule has 1 amide bonds. The molecule has 2 aromatic heterocycles. The van der Waals surface area contributed by atoms with E-state index in [1.807, 2.05) is 43.3 Å². The maximum atomic E-state index is 12.8. The lowest BCUT2D eigenvalue weighted by Gasteiger charge is -2.10. The second-order valence-corrected chi connectivity index (χ2v) is 7.51. The second kappa shape index (κ2) is 9.11. The number of rotatable bonds is 8. The van der Waals surface area contributed by atoms with E-state index in [9.17, 15) is 4.79 Å². The van der Waals surface area contributed by atoms with Crippen molar-refractivity contribution in [1.29, 1.82) is 0 Å². The van der Waals surface area contributed by atoms with Crippen molar-refractivity contribution in [3.63, 3.8) is 0 Å². The molecule has 2 aromatic carbocycles. The van der Waals surface area contributed by atoms with E-state index < -0.39 is 0 Å². The van der Waals surface area contributed by atoms with Crippen molar-refractivity contribution in [2.75, 3.05) is 25.6 Å². The third kappa shape index (κ3) is 4.08. The largest absolute Gasteiger partial charge is 0.492 e. The summed E-state index contributed by atoms with van der Waals surface area (Å²) >= 11 is 1.45. The molecule has 0 spiro atoms. The van der Waals surface area contributed by atoms with E-state index in [-0.39, 0.29) is 5.91 Å². The lowest BCUT2D eigenvalue weighted by molar-refractivity contribution is 0.102. The molecule has 0 saturated heterocycles. The molecule has 1 N–H and O–H groups in total. The minimum Gasteiger partial charge on any atom is -0.492 e. The molecule has 0 saturated carbocycles. The number of amides is 1. The highest BCUT2D eigenvalue weighted by Crippen LogP contribution is 2.31. The molecular weight excluding hydrogens is 398 g/mol. The summed E-state index contributed by atoms with van der Waals surface area (Å²) in [5, 5.41) is 6.62. The average molecular weight is 422 g/mol. The quantitative estimate of drug-likeness (QED) is 0.432. The predicted molar refractivity (Wildman–Crippen MR) is 120 cm³/mol. The van der Waals surface area contributed by atoms with E-state index in [0.29, 0.717) is 36.9 Å². The van der Waals surface area contributed by atoms with Gasteiger partial charge in [-0.3, -0.25) is 4.79 Å². The molecule has 2 heterocycles. The summed E-state index contributed by atoms with van der Waals surface area (Å²) in [5.74, 6) is 0.382. The molecule has 4 rings (SSSR count). The maximum Gasteiger partial charge on any atom is 0.275 e. The Balaban J connectivity index is 1.62. The van der Waals surface area contributed by atoms with E-state index in [4.69, 9.17) is 9.47 Å². The van der Waals surface area contributed by atoms with E-state index in [2.05, 4.69) is 33.1 Å². The number of hydrogen-bond acceptors (Lipinski definition) is 5. The SMILES string of the molecule is CCOc1ccccc1NC(=O)c1csc(-c2cc3ccccc3n2CCOC)n1. The zero-order chi connectivity index (χ0) is 20.9. The third-order valence-corrected chi connectivity index (χ3v) is 5.59. The van der Waals surface area contributed by atoms with Gasteiger partial charge in [-0.15, -0.1) is 11.3 Å². The fourth-order valence-corrected chi connectivity index (χ4v) is 4.17. The number of nitrogens with zero attached hydrogens (tertiary/aromatic N) is 2. The second-order valence-electron chi connectivity index (χ2n) is 6.65. The zero-order valence-corrected chi connectivity index (χ0v) is 17.7. The van der Waals surface area contributed by atoms with Crippen LogP contribution >= 0.6 is 11.3 Å². The molecule has 0 aliphatic heterocycles. The first-order chi connectivity index (χ1) is 14.7. The number of para-hydroxylation sites is 3. The summed E-state index contributed by atoms with van der Waals surface area (Å²) in [6.07, 6.45) is 0. The van der Waals surface area contributed by atoms with E-state index in [1.165, 1.54) is 11.3 Å². The van der Waals surface area contributed by atoms with E-state index >= 15 is 0 Å². The van der Waals surface area contributed by atoms with Crippen LogP contribution in [0.4, 0.5) is 5.69 Å². The van der Waals surface area contributed by atoms with Gasteiger partial charge < -0.3 is 19.4 Å². The van der Waals surface area contributed by atoms with Crippen LogP contribution in [0.25, 0.3) is 21.6 Å². The number of aromatic nitrogens is 2. The Morgan fingerprint density at radius 2 is 1.97 bits per heavy atom. The fraction of sp³-hybridized carbons (Fsp3) is 0.217. The summed E-state index contributed by atoms with van der Waals surface area (Å²) in [5.41, 5.74) is 3.11. The highest BCUT2D eigenvalue weighted by Gasteiger charge is 2.17. The Hall–Kier alpha value is -3.16. The lowest BCUT2D eigenvalue weighted by Crippen LogP contribution is -2.13. The molecule has 0 atom stereocenters. The first-order valence-corrected chi connectivity index (χ1v) is 10.7. The summed E-state index contributed by atoms with van der Waals surface area (Å²) < 4.78 is 13.1. The molecule has 0 bridgehead atoms. The lowest BCUT2D eigenvalue weighted by atomic mass is 10.2. The Morgan fingerprint density at radius 3 is 2.80 bits per heavy atom. The van der Waals surface area contributed by atoms with Gasteiger partial charge in [0.1, 0.15) is 16.5 Å². The number of benzene rings is 2. The van der Waals surface area contributed by atoms with Crippen LogP contribution in [0.3, 0.4) is 0 Å². The van der Waals surface area contributed by atoms with Gasteiger partial charge >= 0.3 is 0 Å². The first-order valence-electron chi connectivity index (χ1n) is 9.77. The topological polar surface area (TPSA) is 65.4 Å². The minimum absolute atomic E-state index is 0.260. The first kappa shape index (κ1) is 20.1. The van der Waals surface area contributed by atoms with Gasteiger partial charge in [-0.1, -0.05) is 30.3 Å². The number of carbonyl (C=O) groups is 1. The molecule has 0 fully saturated rings. The van der Waals surface area contributed by atoms with E-state index in [0.717, 1.165) is 21.6 Å². The van der Waals surface area contributed by atoms with Crippen LogP contribution in [-0.4, -0.2) is 35.8 Å². The molecule has 0 radical (unpaired) electrons. The molecule has 0 aliphatic rings. The Bertz CT molecular complexity index is 1170. The molecule has 154 valence electrons. The normalized spacial score (nSPS) is 11.0. The van der Waals surface area contributed by atoms with Crippen molar-refractivity contribution in [2.45, 2.75) is 13.5 Å². The fourth-order valence-electron chi connectivity index (χ4n) is 3.34. The van der Waals surface area contributed by atoms with Crippen molar-refractivity contribution >= 4 is 33.8 Å². The summed E-state index contributed by atoms with van der Waals surface area (Å²) in [4.78, 5) is 17.4. The van der Waals surface area contributed by atoms with Crippen LogP contribution in [0.5, 0.6) is 5.75 Å². The summed E-state index contributed by atoms with van der Waals surface area (Å²) in [7, 11) is 1.69. The Labute approximate surface area is 179 Å².